The number of halogens is 3. The average Bonchev–Trinajstić information content (AvgIpc) is 2.37. The minimum absolute atomic E-state index is 0.209. The molecular formula is C14H10Cl2FNO. The molecule has 0 saturated carbocycles. The maximum atomic E-state index is 13.1. The fraction of sp³-hybridized carbons (Fsp3) is 0.0714. The lowest BCUT2D eigenvalue weighted by molar-refractivity contribution is -0.116. The first-order valence-corrected chi connectivity index (χ1v) is 6.33. The van der Waals surface area contributed by atoms with Gasteiger partial charge in [-0.2, -0.15) is 0 Å². The number of alkyl halides is 1. The molecule has 0 aromatic heterocycles. The van der Waals surface area contributed by atoms with E-state index in [1.165, 1.54) is 12.1 Å². The fourth-order valence-electron chi connectivity index (χ4n) is 1.61. The predicted molar refractivity (Wildman–Crippen MR) is 75.1 cm³/mol. The first-order chi connectivity index (χ1) is 9.06. The van der Waals surface area contributed by atoms with E-state index in [4.69, 9.17) is 23.2 Å². The number of hydrogen-bond donors (Lipinski definition) is 1. The van der Waals surface area contributed by atoms with Gasteiger partial charge in [0.05, 0.1) is 0 Å². The molecule has 0 heterocycles. The summed E-state index contributed by atoms with van der Waals surface area (Å²) in [5.41, 5.74) is 0.945. The molecular weight excluding hydrogens is 288 g/mol. The number of amides is 1. The number of carbonyl (C=O) groups excluding carboxylic acids is 1. The fourth-order valence-corrected chi connectivity index (χ4v) is 2.03. The van der Waals surface area contributed by atoms with Crippen LogP contribution in [0, 0.1) is 5.82 Å². The Morgan fingerprint density at radius 2 is 1.84 bits per heavy atom. The molecule has 1 unspecified atom stereocenters. The Bertz CT molecular complexity index is 569. The van der Waals surface area contributed by atoms with E-state index in [9.17, 15) is 9.18 Å². The van der Waals surface area contributed by atoms with Crippen molar-refractivity contribution < 1.29 is 9.18 Å². The van der Waals surface area contributed by atoms with Gasteiger partial charge in [0.1, 0.15) is 11.2 Å². The van der Waals surface area contributed by atoms with Crippen LogP contribution in [0.5, 0.6) is 0 Å². The molecule has 0 bridgehead atoms. The molecule has 0 fully saturated rings. The Balaban J connectivity index is 2.13. The third kappa shape index (κ3) is 3.69. The second-order valence-corrected chi connectivity index (χ2v) is 4.79. The lowest BCUT2D eigenvalue weighted by Gasteiger charge is -2.11. The van der Waals surface area contributed by atoms with Crippen LogP contribution in [0.2, 0.25) is 5.02 Å². The summed E-state index contributed by atoms with van der Waals surface area (Å²) in [6.07, 6.45) is 0. The van der Waals surface area contributed by atoms with Crippen molar-refractivity contribution >= 4 is 34.8 Å². The first kappa shape index (κ1) is 13.8. The van der Waals surface area contributed by atoms with Crippen LogP contribution >= 0.6 is 23.2 Å². The highest BCUT2D eigenvalue weighted by atomic mass is 35.5. The standard InChI is InChI=1S/C14H10Cl2FNO/c15-10-6-11(17)8-12(7-10)18-14(19)13(16)9-4-2-1-3-5-9/h1-8,13H,(H,18,19). The molecule has 2 aromatic rings. The molecule has 5 heteroatoms. The molecule has 0 saturated heterocycles. The molecule has 0 aliphatic rings. The van der Waals surface area contributed by atoms with Crippen molar-refractivity contribution in [2.75, 3.05) is 5.32 Å². The number of nitrogens with one attached hydrogen (secondary N) is 1. The van der Waals surface area contributed by atoms with Crippen LogP contribution in [0.25, 0.3) is 0 Å². The van der Waals surface area contributed by atoms with Gasteiger partial charge in [0.25, 0.3) is 0 Å². The minimum atomic E-state index is -0.844. The number of hydrogen-bond acceptors (Lipinski definition) is 1. The van der Waals surface area contributed by atoms with Crippen molar-refractivity contribution in [1.29, 1.82) is 0 Å². The normalized spacial score (nSPS) is 11.9. The van der Waals surface area contributed by atoms with E-state index in [-0.39, 0.29) is 10.7 Å². The van der Waals surface area contributed by atoms with Crippen molar-refractivity contribution in [3.05, 3.63) is 64.9 Å². The van der Waals surface area contributed by atoms with Crippen molar-refractivity contribution in [2.24, 2.45) is 0 Å². The van der Waals surface area contributed by atoms with Crippen molar-refractivity contribution in [3.8, 4) is 0 Å². The Morgan fingerprint density at radius 1 is 1.16 bits per heavy atom. The second-order valence-electron chi connectivity index (χ2n) is 3.92. The van der Waals surface area contributed by atoms with Gasteiger partial charge in [-0.05, 0) is 23.8 Å². The Morgan fingerprint density at radius 3 is 2.47 bits per heavy atom. The predicted octanol–water partition coefficient (Wildman–Crippen LogP) is 4.40. The number of benzene rings is 2. The van der Waals surface area contributed by atoms with Crippen LogP contribution in [0.4, 0.5) is 10.1 Å². The van der Waals surface area contributed by atoms with Crippen LogP contribution in [0.1, 0.15) is 10.9 Å². The van der Waals surface area contributed by atoms with E-state index >= 15 is 0 Å². The highest BCUT2D eigenvalue weighted by Crippen LogP contribution is 2.24. The highest BCUT2D eigenvalue weighted by molar-refractivity contribution is 6.33. The zero-order valence-electron chi connectivity index (χ0n) is 9.74. The quantitative estimate of drug-likeness (QED) is 0.836. The van der Waals surface area contributed by atoms with Crippen LogP contribution in [0.3, 0.4) is 0 Å². The topological polar surface area (TPSA) is 29.1 Å². The van der Waals surface area contributed by atoms with Gasteiger partial charge in [-0.15, -0.1) is 11.6 Å². The molecule has 1 atom stereocenters. The summed E-state index contributed by atoms with van der Waals surface area (Å²) in [7, 11) is 0. The zero-order valence-corrected chi connectivity index (χ0v) is 11.3. The first-order valence-electron chi connectivity index (χ1n) is 5.52. The molecule has 2 rings (SSSR count). The van der Waals surface area contributed by atoms with Gasteiger partial charge in [-0.3, -0.25) is 4.79 Å². The Labute approximate surface area is 120 Å². The van der Waals surface area contributed by atoms with Gasteiger partial charge >= 0.3 is 0 Å². The van der Waals surface area contributed by atoms with Gasteiger partial charge in [-0.25, -0.2) is 4.39 Å². The Hall–Kier alpha value is -1.58. The third-order valence-electron chi connectivity index (χ3n) is 2.45. The van der Waals surface area contributed by atoms with Crippen molar-refractivity contribution in [2.45, 2.75) is 5.38 Å². The SMILES string of the molecule is O=C(Nc1cc(F)cc(Cl)c1)C(Cl)c1ccccc1. The van der Waals surface area contributed by atoms with Crippen LogP contribution in [-0.2, 0) is 4.79 Å². The van der Waals surface area contributed by atoms with Gasteiger partial charge in [-0.1, -0.05) is 41.9 Å². The van der Waals surface area contributed by atoms with Gasteiger partial charge in [0, 0.05) is 10.7 Å². The zero-order chi connectivity index (χ0) is 13.8. The maximum absolute atomic E-state index is 13.1. The van der Waals surface area contributed by atoms with E-state index in [0.717, 1.165) is 6.07 Å². The van der Waals surface area contributed by atoms with Crippen LogP contribution in [-0.4, -0.2) is 5.91 Å². The summed E-state index contributed by atoms with van der Waals surface area (Å²) in [5, 5.41) is 1.89. The summed E-state index contributed by atoms with van der Waals surface area (Å²) in [4.78, 5) is 11.9. The third-order valence-corrected chi connectivity index (χ3v) is 3.12. The molecule has 0 spiro atoms. The Kier molecular flexibility index (Phi) is 4.40. The monoisotopic (exact) mass is 297 g/mol. The molecule has 1 amide bonds. The second kappa shape index (κ2) is 6.04. The molecule has 2 aromatic carbocycles. The summed E-state index contributed by atoms with van der Waals surface area (Å²) in [6, 6.07) is 12.7. The number of carbonyl (C=O) groups is 1. The maximum Gasteiger partial charge on any atom is 0.246 e. The van der Waals surface area contributed by atoms with E-state index in [1.807, 2.05) is 6.07 Å². The van der Waals surface area contributed by atoms with Gasteiger partial charge in [0.15, 0.2) is 0 Å². The summed E-state index contributed by atoms with van der Waals surface area (Å²) >= 11 is 11.8. The molecule has 2 nitrogen and oxygen atoms in total. The van der Waals surface area contributed by atoms with E-state index in [0.29, 0.717) is 5.56 Å². The summed E-state index contributed by atoms with van der Waals surface area (Å²) < 4.78 is 13.1. The molecule has 1 N–H and O–H groups in total. The number of anilines is 1. The lowest BCUT2D eigenvalue weighted by Crippen LogP contribution is -2.17. The van der Waals surface area contributed by atoms with Crippen molar-refractivity contribution in [1.82, 2.24) is 0 Å². The summed E-state index contributed by atoms with van der Waals surface area (Å²) in [5.74, 6) is -0.955. The number of rotatable bonds is 3. The van der Waals surface area contributed by atoms with Gasteiger partial charge < -0.3 is 5.32 Å². The molecule has 0 radical (unpaired) electrons. The molecule has 0 aliphatic carbocycles. The lowest BCUT2D eigenvalue weighted by atomic mass is 10.1. The van der Waals surface area contributed by atoms with Crippen LogP contribution < -0.4 is 5.32 Å². The smallest absolute Gasteiger partial charge is 0.246 e. The van der Waals surface area contributed by atoms with E-state index < -0.39 is 17.1 Å². The minimum Gasteiger partial charge on any atom is -0.324 e. The van der Waals surface area contributed by atoms with Crippen molar-refractivity contribution in [3.63, 3.8) is 0 Å². The molecule has 0 aliphatic heterocycles. The summed E-state index contributed by atoms with van der Waals surface area (Å²) in [6.45, 7) is 0. The molecule has 98 valence electrons. The van der Waals surface area contributed by atoms with Gasteiger partial charge in [0.2, 0.25) is 5.91 Å². The van der Waals surface area contributed by atoms with E-state index in [2.05, 4.69) is 5.32 Å². The molecule has 19 heavy (non-hydrogen) atoms. The van der Waals surface area contributed by atoms with Crippen LogP contribution in [0.15, 0.2) is 48.5 Å². The highest BCUT2D eigenvalue weighted by Gasteiger charge is 2.17. The average molecular weight is 298 g/mol. The van der Waals surface area contributed by atoms with E-state index in [1.54, 1.807) is 24.3 Å². The largest absolute Gasteiger partial charge is 0.324 e.